The maximum Gasteiger partial charge on any atom is 0.160 e. The first-order chi connectivity index (χ1) is 10.2. The monoisotopic (exact) mass is 281 g/mol. The molecule has 0 saturated carbocycles. The lowest BCUT2D eigenvalue weighted by atomic mass is 10.1. The van der Waals surface area contributed by atoms with Crippen molar-refractivity contribution in [2.24, 2.45) is 5.92 Å². The van der Waals surface area contributed by atoms with Gasteiger partial charge in [0, 0.05) is 17.5 Å². The average Bonchev–Trinajstić information content (AvgIpc) is 3.00. The first-order valence-corrected chi connectivity index (χ1v) is 7.18. The van der Waals surface area contributed by atoms with Crippen molar-refractivity contribution in [1.29, 1.82) is 0 Å². The Morgan fingerprint density at radius 3 is 2.86 bits per heavy atom. The van der Waals surface area contributed by atoms with Crippen LogP contribution in [0.15, 0.2) is 43.0 Å². The summed E-state index contributed by atoms with van der Waals surface area (Å²) < 4.78 is 1.72. The van der Waals surface area contributed by atoms with Gasteiger partial charge in [-0.3, -0.25) is 0 Å². The number of para-hydroxylation sites is 1. The van der Waals surface area contributed by atoms with Gasteiger partial charge in [-0.15, -0.1) is 0 Å². The molecule has 0 aliphatic rings. The van der Waals surface area contributed by atoms with Gasteiger partial charge in [0.1, 0.15) is 12.7 Å². The summed E-state index contributed by atoms with van der Waals surface area (Å²) >= 11 is 0. The van der Waals surface area contributed by atoms with E-state index in [0.29, 0.717) is 5.92 Å². The number of pyridine rings is 1. The van der Waals surface area contributed by atoms with Crippen molar-refractivity contribution >= 4 is 10.9 Å². The predicted octanol–water partition coefficient (Wildman–Crippen LogP) is 2.56. The summed E-state index contributed by atoms with van der Waals surface area (Å²) in [6.07, 6.45) is 3.21. The van der Waals surface area contributed by atoms with Crippen LogP contribution in [0.2, 0.25) is 0 Å². The number of benzene rings is 1. The summed E-state index contributed by atoms with van der Waals surface area (Å²) in [7, 11) is 0. The molecule has 1 N–H and O–H groups in total. The Morgan fingerprint density at radius 1 is 1.24 bits per heavy atom. The van der Waals surface area contributed by atoms with Crippen LogP contribution in [0.1, 0.15) is 19.4 Å². The van der Waals surface area contributed by atoms with Gasteiger partial charge in [0.25, 0.3) is 0 Å². The molecule has 0 unspecified atom stereocenters. The van der Waals surface area contributed by atoms with Gasteiger partial charge in [-0.25, -0.2) is 14.6 Å². The highest BCUT2D eigenvalue weighted by Crippen LogP contribution is 2.19. The van der Waals surface area contributed by atoms with Crippen LogP contribution in [-0.4, -0.2) is 26.3 Å². The van der Waals surface area contributed by atoms with E-state index in [-0.39, 0.29) is 0 Å². The number of nitrogens with zero attached hydrogens (tertiary/aromatic N) is 4. The molecule has 108 valence electrons. The Kier molecular flexibility index (Phi) is 3.92. The zero-order chi connectivity index (χ0) is 14.7. The summed E-state index contributed by atoms with van der Waals surface area (Å²) in [6.45, 7) is 6.14. The molecule has 5 heteroatoms. The molecule has 0 amide bonds. The molecule has 0 atom stereocenters. The Hall–Kier alpha value is -2.27. The van der Waals surface area contributed by atoms with E-state index in [0.717, 1.165) is 35.4 Å². The van der Waals surface area contributed by atoms with Gasteiger partial charge in [0.2, 0.25) is 0 Å². The topological polar surface area (TPSA) is 55.6 Å². The van der Waals surface area contributed by atoms with Gasteiger partial charge in [-0.05, 0) is 24.6 Å². The molecule has 0 bridgehead atoms. The third kappa shape index (κ3) is 3.08. The molecule has 3 aromatic rings. The Morgan fingerprint density at radius 2 is 2.10 bits per heavy atom. The highest BCUT2D eigenvalue weighted by molar-refractivity contribution is 5.80. The molecule has 1 aromatic carbocycles. The largest absolute Gasteiger partial charge is 0.312 e. The minimum atomic E-state index is 0.619. The minimum Gasteiger partial charge on any atom is -0.312 e. The van der Waals surface area contributed by atoms with E-state index in [1.807, 2.05) is 18.2 Å². The lowest BCUT2D eigenvalue weighted by Gasteiger charge is -2.12. The molecule has 0 aliphatic carbocycles. The zero-order valence-electron chi connectivity index (χ0n) is 12.3. The molecular weight excluding hydrogens is 262 g/mol. The van der Waals surface area contributed by atoms with Crippen LogP contribution in [0.5, 0.6) is 0 Å². The van der Waals surface area contributed by atoms with Crippen molar-refractivity contribution in [2.75, 3.05) is 6.54 Å². The third-order valence-corrected chi connectivity index (χ3v) is 3.28. The van der Waals surface area contributed by atoms with E-state index in [2.05, 4.69) is 41.4 Å². The van der Waals surface area contributed by atoms with Gasteiger partial charge in [0.15, 0.2) is 5.82 Å². The molecular formula is C16H19N5. The van der Waals surface area contributed by atoms with Crippen molar-refractivity contribution in [2.45, 2.75) is 20.4 Å². The van der Waals surface area contributed by atoms with Crippen molar-refractivity contribution in [3.8, 4) is 5.82 Å². The smallest absolute Gasteiger partial charge is 0.160 e. The van der Waals surface area contributed by atoms with Crippen LogP contribution in [-0.2, 0) is 6.54 Å². The van der Waals surface area contributed by atoms with E-state index < -0.39 is 0 Å². The van der Waals surface area contributed by atoms with Crippen molar-refractivity contribution < 1.29 is 0 Å². The second kappa shape index (κ2) is 6.01. The van der Waals surface area contributed by atoms with Crippen molar-refractivity contribution in [1.82, 2.24) is 25.1 Å². The zero-order valence-corrected chi connectivity index (χ0v) is 12.3. The van der Waals surface area contributed by atoms with E-state index in [9.17, 15) is 0 Å². The fourth-order valence-corrected chi connectivity index (χ4v) is 2.29. The lowest BCUT2D eigenvalue weighted by Crippen LogP contribution is -2.20. The van der Waals surface area contributed by atoms with Crippen LogP contribution in [0.25, 0.3) is 16.7 Å². The standard InChI is InChI=1S/C16H19N5/c1-12(2)8-17-9-14-7-13-5-3-4-6-15(13)20-16(14)21-11-18-10-19-21/h3-7,10-12,17H,8-9H2,1-2H3. The maximum atomic E-state index is 4.74. The Bertz CT molecular complexity index is 719. The number of rotatable bonds is 5. The molecule has 0 spiro atoms. The van der Waals surface area contributed by atoms with E-state index in [1.54, 1.807) is 11.0 Å². The highest BCUT2D eigenvalue weighted by Gasteiger charge is 2.09. The van der Waals surface area contributed by atoms with E-state index >= 15 is 0 Å². The first-order valence-electron chi connectivity index (χ1n) is 7.18. The maximum absolute atomic E-state index is 4.74. The molecule has 5 nitrogen and oxygen atoms in total. The summed E-state index contributed by atoms with van der Waals surface area (Å²) in [5.41, 5.74) is 2.09. The van der Waals surface area contributed by atoms with Crippen molar-refractivity contribution in [3.05, 3.63) is 48.5 Å². The van der Waals surface area contributed by atoms with Gasteiger partial charge in [0.05, 0.1) is 5.52 Å². The summed E-state index contributed by atoms with van der Waals surface area (Å²) in [6, 6.07) is 10.3. The number of fused-ring (bicyclic) bond motifs is 1. The fraction of sp³-hybridized carbons (Fsp3) is 0.312. The van der Waals surface area contributed by atoms with Gasteiger partial charge in [-0.2, -0.15) is 5.10 Å². The molecule has 21 heavy (non-hydrogen) atoms. The first kappa shape index (κ1) is 13.7. The molecule has 0 saturated heterocycles. The van der Waals surface area contributed by atoms with Crippen molar-refractivity contribution in [3.63, 3.8) is 0 Å². The van der Waals surface area contributed by atoms with Crippen LogP contribution >= 0.6 is 0 Å². The number of hydrogen-bond donors (Lipinski definition) is 1. The van der Waals surface area contributed by atoms with E-state index in [1.165, 1.54) is 6.33 Å². The molecule has 0 fully saturated rings. The normalized spacial score (nSPS) is 11.4. The summed E-state index contributed by atoms with van der Waals surface area (Å²) in [5.74, 6) is 1.45. The van der Waals surface area contributed by atoms with Crippen LogP contribution in [0.4, 0.5) is 0 Å². The fourth-order valence-electron chi connectivity index (χ4n) is 2.29. The lowest BCUT2D eigenvalue weighted by molar-refractivity contribution is 0.550. The third-order valence-electron chi connectivity index (χ3n) is 3.28. The molecule has 2 heterocycles. The second-order valence-corrected chi connectivity index (χ2v) is 5.53. The van der Waals surface area contributed by atoms with Crippen LogP contribution < -0.4 is 5.32 Å². The SMILES string of the molecule is CC(C)CNCc1cc2ccccc2nc1-n1cncn1. The van der Waals surface area contributed by atoms with Crippen LogP contribution in [0.3, 0.4) is 0 Å². The predicted molar refractivity (Wildman–Crippen MR) is 83.2 cm³/mol. The quantitative estimate of drug-likeness (QED) is 0.781. The summed E-state index contributed by atoms with van der Waals surface area (Å²) in [5, 5.41) is 8.82. The number of hydrogen-bond acceptors (Lipinski definition) is 4. The van der Waals surface area contributed by atoms with Gasteiger partial charge in [-0.1, -0.05) is 32.0 Å². The van der Waals surface area contributed by atoms with Gasteiger partial charge >= 0.3 is 0 Å². The molecule has 3 rings (SSSR count). The molecule has 0 aliphatic heterocycles. The number of nitrogens with one attached hydrogen (secondary N) is 1. The molecule has 0 radical (unpaired) electrons. The molecule has 2 aromatic heterocycles. The van der Waals surface area contributed by atoms with Gasteiger partial charge < -0.3 is 5.32 Å². The average molecular weight is 281 g/mol. The Labute approximate surface area is 124 Å². The number of aromatic nitrogens is 4. The summed E-state index contributed by atoms with van der Waals surface area (Å²) in [4.78, 5) is 8.76. The Balaban J connectivity index is 2.00. The minimum absolute atomic E-state index is 0.619. The van der Waals surface area contributed by atoms with E-state index in [4.69, 9.17) is 4.98 Å². The van der Waals surface area contributed by atoms with Crippen LogP contribution in [0, 0.1) is 5.92 Å². The second-order valence-electron chi connectivity index (χ2n) is 5.53. The highest BCUT2D eigenvalue weighted by atomic mass is 15.3.